The average Bonchev–Trinajstić information content (AvgIpc) is 3.20. The molecular formula is C41H60N2O11. The summed E-state index contributed by atoms with van der Waals surface area (Å²) in [6.45, 7) is 9.28. The van der Waals surface area contributed by atoms with Gasteiger partial charge in [-0.3, -0.25) is 4.90 Å². The van der Waals surface area contributed by atoms with Crippen molar-refractivity contribution in [3.8, 4) is 11.5 Å². The maximum absolute atomic E-state index is 13.8. The van der Waals surface area contributed by atoms with Crippen LogP contribution >= 0.6 is 0 Å². The molecule has 2 aliphatic carbocycles. The van der Waals surface area contributed by atoms with Crippen LogP contribution in [-0.4, -0.2) is 117 Å². The zero-order chi connectivity index (χ0) is 38.3. The van der Waals surface area contributed by atoms with E-state index in [1.807, 2.05) is 18.2 Å². The second-order valence-electron chi connectivity index (χ2n) is 14.3. The number of carbonyl (C=O) groups excluding carboxylic acids is 1. The lowest BCUT2D eigenvalue weighted by Crippen LogP contribution is -2.70. The van der Waals surface area contributed by atoms with Gasteiger partial charge < -0.3 is 48.6 Å². The summed E-state index contributed by atoms with van der Waals surface area (Å²) in [6.07, 6.45) is 12.1. The van der Waals surface area contributed by atoms with E-state index in [2.05, 4.69) is 19.2 Å². The molecule has 1 amide bonds. The van der Waals surface area contributed by atoms with Crippen LogP contribution in [0.25, 0.3) is 0 Å². The van der Waals surface area contributed by atoms with Crippen molar-refractivity contribution in [2.75, 3.05) is 66.5 Å². The van der Waals surface area contributed by atoms with E-state index in [1.54, 1.807) is 17.1 Å². The third-order valence-corrected chi connectivity index (χ3v) is 10.9. The molecule has 2 fully saturated rings. The molecular weight excluding hydrogens is 696 g/mol. The second-order valence-corrected chi connectivity index (χ2v) is 14.3. The van der Waals surface area contributed by atoms with Gasteiger partial charge in [0, 0.05) is 44.1 Å². The highest BCUT2D eigenvalue weighted by atomic mass is 16.8. The van der Waals surface area contributed by atoms with Gasteiger partial charge in [0.2, 0.25) is 12.1 Å². The number of amides is 1. The van der Waals surface area contributed by atoms with Crippen molar-refractivity contribution in [3.05, 3.63) is 60.7 Å². The average molecular weight is 757 g/mol. The fraction of sp³-hybridized carbons (Fsp3) is 0.659. The zero-order valence-corrected chi connectivity index (χ0v) is 31.8. The molecule has 0 radical (unpaired) electrons. The molecule has 0 bridgehead atoms. The number of carbonyl (C=O) groups is 1. The van der Waals surface area contributed by atoms with E-state index in [0.29, 0.717) is 43.3 Å². The standard InChI is InChI=1S/C41H60N2O11/c1-4-21-50-30-15-16-35-33(27-30)38-31(13-7-10-19-45)29(12-6-9-18-44)26-32-34(42-54-37-14-8-11-23-51-37)28-36(41(53-35,39(32)38)52-22-5-2)43(40(47)48-3)17-24-49-25-20-46/h4-5,15-16,26-27,29,31,36-39,44-46H,1-2,6-14,17-25,28H2,3H3/t29-,31+,36-,37?,38+,39+,41+/m0/s1. The van der Waals surface area contributed by atoms with Crippen molar-refractivity contribution in [2.45, 2.75) is 88.2 Å². The molecule has 13 nitrogen and oxygen atoms in total. The van der Waals surface area contributed by atoms with Gasteiger partial charge in [0.15, 0.2) is 0 Å². The fourth-order valence-corrected chi connectivity index (χ4v) is 8.63. The van der Waals surface area contributed by atoms with Gasteiger partial charge in [-0.05, 0) is 74.1 Å². The Kier molecular flexibility index (Phi) is 16.2. The molecule has 5 rings (SSSR count). The monoisotopic (exact) mass is 756 g/mol. The molecule has 300 valence electrons. The number of oxime groups is 1. The minimum atomic E-state index is -1.43. The number of aliphatic hydroxyl groups excluding tert-OH is 3. The summed E-state index contributed by atoms with van der Waals surface area (Å²) in [5.74, 6) is -0.668. The lowest BCUT2D eigenvalue weighted by molar-refractivity contribution is -0.256. The first-order chi connectivity index (χ1) is 26.5. The highest BCUT2D eigenvalue weighted by Gasteiger charge is 2.65. The Bertz CT molecular complexity index is 1430. The minimum absolute atomic E-state index is 0.0649. The first kappa shape index (κ1) is 41.7. The topological polar surface area (TPSA) is 158 Å². The van der Waals surface area contributed by atoms with Crippen molar-refractivity contribution in [1.82, 2.24) is 4.90 Å². The number of hydrogen-bond donors (Lipinski definition) is 3. The van der Waals surface area contributed by atoms with Crippen LogP contribution in [0.3, 0.4) is 0 Å². The summed E-state index contributed by atoms with van der Waals surface area (Å²) < 4.78 is 37.2. The number of benzene rings is 1. The number of methoxy groups -OCH3 is 1. The molecule has 0 aromatic heterocycles. The van der Waals surface area contributed by atoms with Gasteiger partial charge >= 0.3 is 6.09 Å². The van der Waals surface area contributed by atoms with Gasteiger partial charge in [-0.1, -0.05) is 42.8 Å². The van der Waals surface area contributed by atoms with Gasteiger partial charge in [0.25, 0.3) is 0 Å². The first-order valence-electron chi connectivity index (χ1n) is 19.6. The third-order valence-electron chi connectivity index (χ3n) is 10.9. The SMILES string of the molecule is C=CCOc1ccc2c(c1)[C@H]1[C@H](CCCCO)[C@@H](CCCCO)C=C3C(=NOC4CCCCO4)C[C@H](N(CCOCCO)C(=O)OC)[C@@](OCC=C)(O2)[C@H]31. The molecule has 13 heteroatoms. The highest BCUT2D eigenvalue weighted by Crippen LogP contribution is 2.62. The first-order valence-corrected chi connectivity index (χ1v) is 19.6. The second kappa shape index (κ2) is 21.0. The van der Waals surface area contributed by atoms with Gasteiger partial charge in [0.1, 0.15) is 24.1 Å². The van der Waals surface area contributed by atoms with E-state index in [0.717, 1.165) is 56.1 Å². The molecule has 4 aliphatic rings. The smallest absolute Gasteiger partial charge is 0.410 e. The van der Waals surface area contributed by atoms with Gasteiger partial charge in [0.05, 0.1) is 51.8 Å². The Hall–Kier alpha value is -3.46. The quantitative estimate of drug-likeness (QED) is 0.0781. The maximum Gasteiger partial charge on any atom is 0.410 e. The maximum atomic E-state index is 13.8. The predicted molar refractivity (Wildman–Crippen MR) is 202 cm³/mol. The number of allylic oxidation sites excluding steroid dienone is 1. The van der Waals surface area contributed by atoms with Crippen LogP contribution in [0.2, 0.25) is 0 Å². The predicted octanol–water partition coefficient (Wildman–Crippen LogP) is 5.49. The number of aliphatic hydroxyl groups is 3. The summed E-state index contributed by atoms with van der Waals surface area (Å²) in [7, 11) is 1.34. The number of nitrogens with zero attached hydrogens (tertiary/aromatic N) is 2. The summed E-state index contributed by atoms with van der Waals surface area (Å²) in [4.78, 5) is 21.6. The summed E-state index contributed by atoms with van der Waals surface area (Å²) in [5.41, 5.74) is 2.55. The van der Waals surface area contributed by atoms with Gasteiger partial charge in [-0.25, -0.2) is 4.79 Å². The number of fused-ring (bicyclic) bond motifs is 2. The van der Waals surface area contributed by atoms with E-state index in [1.165, 1.54) is 7.11 Å². The van der Waals surface area contributed by atoms with Crippen molar-refractivity contribution >= 4 is 11.8 Å². The lowest BCUT2D eigenvalue weighted by Gasteiger charge is -2.59. The number of rotatable bonds is 22. The molecule has 2 heterocycles. The van der Waals surface area contributed by atoms with Crippen LogP contribution in [-0.2, 0) is 23.8 Å². The van der Waals surface area contributed by atoms with E-state index in [9.17, 15) is 20.1 Å². The Labute approximate surface area is 319 Å². The minimum Gasteiger partial charge on any atom is -0.490 e. The van der Waals surface area contributed by atoms with E-state index >= 15 is 0 Å². The Morgan fingerprint density at radius 3 is 2.54 bits per heavy atom. The van der Waals surface area contributed by atoms with Crippen molar-refractivity contribution < 1.29 is 53.4 Å². The van der Waals surface area contributed by atoms with Crippen LogP contribution in [0, 0.1) is 17.8 Å². The van der Waals surface area contributed by atoms with Crippen LogP contribution in [0.15, 0.2) is 60.3 Å². The Balaban J connectivity index is 1.75. The van der Waals surface area contributed by atoms with E-state index in [4.69, 9.17) is 38.4 Å². The zero-order valence-electron chi connectivity index (χ0n) is 31.8. The van der Waals surface area contributed by atoms with Crippen LogP contribution in [0.5, 0.6) is 11.5 Å². The molecule has 1 aromatic rings. The molecule has 1 aromatic carbocycles. The Morgan fingerprint density at radius 2 is 1.83 bits per heavy atom. The number of hydrogen-bond acceptors (Lipinski definition) is 12. The summed E-state index contributed by atoms with van der Waals surface area (Å²) in [5, 5.41) is 33.9. The normalized spacial score (nSPS) is 27.9. The largest absolute Gasteiger partial charge is 0.490 e. The van der Waals surface area contributed by atoms with Crippen molar-refractivity contribution in [3.63, 3.8) is 0 Å². The summed E-state index contributed by atoms with van der Waals surface area (Å²) >= 11 is 0. The van der Waals surface area contributed by atoms with E-state index < -0.39 is 30.1 Å². The number of ether oxygens (including phenoxy) is 6. The lowest BCUT2D eigenvalue weighted by atomic mass is 9.55. The van der Waals surface area contributed by atoms with Crippen molar-refractivity contribution in [1.29, 1.82) is 0 Å². The van der Waals surface area contributed by atoms with Gasteiger partial charge in [-0.2, -0.15) is 0 Å². The molecule has 54 heavy (non-hydrogen) atoms. The van der Waals surface area contributed by atoms with Gasteiger partial charge in [-0.15, -0.1) is 6.58 Å². The summed E-state index contributed by atoms with van der Waals surface area (Å²) in [6, 6.07) is 5.05. The number of unbranched alkanes of at least 4 members (excludes halogenated alkanes) is 2. The molecule has 0 spiro atoms. The Morgan fingerprint density at radius 1 is 1.04 bits per heavy atom. The van der Waals surface area contributed by atoms with Crippen molar-refractivity contribution in [2.24, 2.45) is 22.9 Å². The molecule has 2 aliphatic heterocycles. The third kappa shape index (κ3) is 9.66. The highest BCUT2D eigenvalue weighted by molar-refractivity contribution is 6.03. The fourth-order valence-electron chi connectivity index (χ4n) is 8.63. The molecule has 3 N–H and O–H groups in total. The molecule has 1 unspecified atom stereocenters. The van der Waals surface area contributed by atoms with Crippen LogP contribution in [0.4, 0.5) is 4.79 Å². The van der Waals surface area contributed by atoms with Crippen LogP contribution in [0.1, 0.15) is 75.7 Å². The molecule has 1 saturated heterocycles. The van der Waals surface area contributed by atoms with E-state index in [-0.39, 0.29) is 70.4 Å². The molecule has 7 atom stereocenters. The van der Waals surface area contributed by atoms with Crippen LogP contribution < -0.4 is 9.47 Å². The molecule has 1 saturated carbocycles.